The first kappa shape index (κ1) is 31.2. The van der Waals surface area contributed by atoms with Gasteiger partial charge in [-0.05, 0) is 68.7 Å². The number of aromatic nitrogens is 3. The van der Waals surface area contributed by atoms with E-state index in [4.69, 9.17) is 4.74 Å². The van der Waals surface area contributed by atoms with Crippen molar-refractivity contribution in [3.8, 4) is 17.4 Å². The van der Waals surface area contributed by atoms with Crippen LogP contribution in [-0.4, -0.2) is 81.1 Å². The monoisotopic (exact) mass is 674 g/mol. The maximum absolute atomic E-state index is 15.3. The average molecular weight is 675 g/mol. The molecule has 48 heavy (non-hydrogen) atoms. The number of phenolic OH excluding ortho intramolecular Hbond substituents is 1. The summed E-state index contributed by atoms with van der Waals surface area (Å²) in [6.07, 6.45) is -0.552. The Morgan fingerprint density at radius 1 is 1.08 bits per heavy atom. The van der Waals surface area contributed by atoms with Crippen molar-refractivity contribution in [2.45, 2.75) is 68.4 Å². The molecule has 5 fully saturated rings. The zero-order valence-corrected chi connectivity index (χ0v) is 25.7. The Morgan fingerprint density at radius 3 is 2.62 bits per heavy atom. The third kappa shape index (κ3) is 4.87. The van der Waals surface area contributed by atoms with E-state index in [1.54, 1.807) is 0 Å². The Labute approximate surface area is 270 Å². The summed E-state index contributed by atoms with van der Waals surface area (Å²) in [5, 5.41) is 12.9. The van der Waals surface area contributed by atoms with Crippen molar-refractivity contribution < 1.29 is 36.2 Å². The van der Waals surface area contributed by atoms with Crippen LogP contribution in [0.15, 0.2) is 35.1 Å². The minimum Gasteiger partial charge on any atom is -0.508 e. The predicted molar refractivity (Wildman–Crippen MR) is 165 cm³/mol. The Hall–Kier alpha value is -4.11. The molecule has 0 spiro atoms. The van der Waals surface area contributed by atoms with Gasteiger partial charge < -0.3 is 20.1 Å². The van der Waals surface area contributed by atoms with Gasteiger partial charge in [0.1, 0.15) is 36.1 Å². The van der Waals surface area contributed by atoms with E-state index in [-0.39, 0.29) is 51.9 Å². The third-order valence-electron chi connectivity index (χ3n) is 10.6. The second-order valence-corrected chi connectivity index (χ2v) is 13.3. The lowest BCUT2D eigenvalue weighted by molar-refractivity contribution is -0.142. The van der Waals surface area contributed by atoms with Gasteiger partial charge in [0.05, 0.1) is 16.6 Å². The highest BCUT2D eigenvalue weighted by Crippen LogP contribution is 2.43. The molecule has 5 aliphatic heterocycles. The van der Waals surface area contributed by atoms with E-state index in [0.717, 1.165) is 56.0 Å². The van der Waals surface area contributed by atoms with Crippen LogP contribution in [0.3, 0.4) is 0 Å². The fourth-order valence-corrected chi connectivity index (χ4v) is 8.36. The van der Waals surface area contributed by atoms with Gasteiger partial charge in [0.2, 0.25) is 0 Å². The number of aromatic hydroxyl groups is 1. The number of phenols is 1. The number of nitrogens with one attached hydrogen (secondary N) is 1. The number of piperidine rings is 2. The normalized spacial score (nSPS) is 25.8. The van der Waals surface area contributed by atoms with Crippen LogP contribution in [0.5, 0.6) is 11.8 Å². The van der Waals surface area contributed by atoms with Crippen molar-refractivity contribution in [2.24, 2.45) is 0 Å². The van der Waals surface area contributed by atoms with Crippen LogP contribution in [0.1, 0.15) is 44.2 Å². The van der Waals surface area contributed by atoms with E-state index >= 15 is 4.39 Å². The van der Waals surface area contributed by atoms with Crippen molar-refractivity contribution >= 4 is 27.5 Å². The van der Waals surface area contributed by atoms with E-state index in [2.05, 4.69) is 20.2 Å². The summed E-state index contributed by atoms with van der Waals surface area (Å²) in [4.78, 5) is 27.3. The number of fused-ring (bicyclic) bond motifs is 6. The molecule has 254 valence electrons. The Morgan fingerprint density at radius 2 is 1.92 bits per heavy atom. The van der Waals surface area contributed by atoms with Crippen molar-refractivity contribution in [1.29, 1.82) is 0 Å². The van der Waals surface area contributed by atoms with Crippen molar-refractivity contribution in [2.75, 3.05) is 37.8 Å². The standard InChI is InChI=1S/C33H32F6N6O3/c34-13-19-6-8-32(7-1-9-44(19)32)16-48-31-41-28-22(29(42-31)43-15-18-3-4-20(43)14-40-18)12-25(33(37,38)39)45(30(28)47)24-11-21(46)10-17-2-5-23(35)27(36)26(17)24/h2,5,10-12,18-20,40,46H,1,3-4,6-9,13-16H2/t18?,19-,20?,32-/m1/s1. The fourth-order valence-electron chi connectivity index (χ4n) is 8.36. The Kier molecular flexibility index (Phi) is 7.29. The molecule has 0 saturated carbocycles. The molecule has 5 aliphatic rings. The number of halogens is 6. The molecule has 0 aliphatic carbocycles. The number of hydrogen-bond donors (Lipinski definition) is 2. The van der Waals surface area contributed by atoms with Crippen LogP contribution in [0, 0.1) is 11.6 Å². The topological polar surface area (TPSA) is 95.8 Å². The minimum absolute atomic E-state index is 0.0606. The van der Waals surface area contributed by atoms with Crippen LogP contribution in [0.4, 0.5) is 32.2 Å². The highest BCUT2D eigenvalue weighted by atomic mass is 19.4. The number of alkyl halides is 4. The molecule has 2 aromatic heterocycles. The van der Waals surface area contributed by atoms with Crippen LogP contribution in [0.2, 0.25) is 0 Å². The van der Waals surface area contributed by atoms with Gasteiger partial charge in [0, 0.05) is 42.7 Å². The first-order valence-corrected chi connectivity index (χ1v) is 16.1. The van der Waals surface area contributed by atoms with Gasteiger partial charge in [-0.15, -0.1) is 0 Å². The van der Waals surface area contributed by atoms with Gasteiger partial charge >= 0.3 is 12.2 Å². The van der Waals surface area contributed by atoms with Crippen LogP contribution in [0.25, 0.3) is 27.4 Å². The molecular weight excluding hydrogens is 642 g/mol. The number of piperazine rings is 1. The number of ether oxygens (including phenoxy) is 1. The molecule has 2 aromatic carbocycles. The molecule has 5 saturated heterocycles. The maximum Gasteiger partial charge on any atom is 0.431 e. The maximum atomic E-state index is 15.3. The lowest BCUT2D eigenvalue weighted by atomic mass is 9.93. The quantitative estimate of drug-likeness (QED) is 0.269. The molecule has 4 aromatic rings. The molecular formula is C33H32F6N6O3. The summed E-state index contributed by atoms with van der Waals surface area (Å²) >= 11 is 0. The van der Waals surface area contributed by atoms with Gasteiger partial charge in [-0.3, -0.25) is 14.3 Å². The summed E-state index contributed by atoms with van der Waals surface area (Å²) in [5.74, 6) is -3.27. The zero-order valence-electron chi connectivity index (χ0n) is 25.7. The SMILES string of the molecule is O=c1c2nc(OC[C@]34CCCN3[C@@H](CF)CC4)nc(N3CC4CCC3CN4)c2cc(C(F)(F)F)n1-c1cc(O)cc2ccc(F)c(F)c12. The van der Waals surface area contributed by atoms with Crippen molar-refractivity contribution in [1.82, 2.24) is 24.8 Å². The van der Waals surface area contributed by atoms with Crippen molar-refractivity contribution in [3.05, 3.63) is 58.0 Å². The fraction of sp³-hybridized carbons (Fsp3) is 0.485. The number of nitrogens with zero attached hydrogens (tertiary/aromatic N) is 5. The first-order valence-electron chi connectivity index (χ1n) is 16.1. The van der Waals surface area contributed by atoms with Gasteiger partial charge in [0.15, 0.2) is 11.6 Å². The summed E-state index contributed by atoms with van der Waals surface area (Å²) in [6.45, 7) is 1.32. The molecule has 2 unspecified atom stereocenters. The number of hydrogen-bond acceptors (Lipinski definition) is 8. The largest absolute Gasteiger partial charge is 0.508 e. The predicted octanol–water partition coefficient (Wildman–Crippen LogP) is 5.22. The molecule has 4 atom stereocenters. The summed E-state index contributed by atoms with van der Waals surface area (Å²) in [5.41, 5.74) is -4.32. The molecule has 9 nitrogen and oxygen atoms in total. The average Bonchev–Trinajstić information content (AvgIpc) is 3.64. The van der Waals surface area contributed by atoms with Gasteiger partial charge in [-0.2, -0.15) is 23.1 Å². The van der Waals surface area contributed by atoms with E-state index in [1.807, 2.05) is 4.90 Å². The Balaban J connectivity index is 1.35. The van der Waals surface area contributed by atoms with E-state index in [1.165, 1.54) is 0 Å². The number of rotatable bonds is 6. The second kappa shape index (κ2) is 11.2. The zero-order chi connectivity index (χ0) is 33.5. The lowest BCUT2D eigenvalue weighted by Crippen LogP contribution is -2.61. The number of anilines is 1. The van der Waals surface area contributed by atoms with Gasteiger partial charge in [-0.1, -0.05) is 6.07 Å². The highest BCUT2D eigenvalue weighted by molar-refractivity contribution is 5.94. The van der Waals surface area contributed by atoms with Gasteiger partial charge in [0.25, 0.3) is 5.56 Å². The van der Waals surface area contributed by atoms with E-state index < -0.39 is 63.6 Å². The molecule has 15 heteroatoms. The van der Waals surface area contributed by atoms with Crippen LogP contribution >= 0.6 is 0 Å². The highest BCUT2D eigenvalue weighted by Gasteiger charge is 2.50. The van der Waals surface area contributed by atoms with Crippen molar-refractivity contribution in [3.63, 3.8) is 0 Å². The lowest BCUT2D eigenvalue weighted by Gasteiger charge is -2.46. The van der Waals surface area contributed by atoms with Gasteiger partial charge in [-0.25, -0.2) is 13.2 Å². The molecule has 9 rings (SSSR count). The molecule has 0 amide bonds. The third-order valence-corrected chi connectivity index (χ3v) is 10.6. The Bertz CT molecular complexity index is 2000. The second-order valence-electron chi connectivity index (χ2n) is 13.3. The molecule has 2 bridgehead atoms. The molecule has 2 N–H and O–H groups in total. The molecule has 0 radical (unpaired) electrons. The first-order chi connectivity index (χ1) is 23.0. The summed E-state index contributed by atoms with van der Waals surface area (Å²) in [6, 6.07) is 3.98. The molecule has 7 heterocycles. The van der Waals surface area contributed by atoms with Crippen LogP contribution < -0.4 is 20.5 Å². The summed E-state index contributed by atoms with van der Waals surface area (Å²) < 4.78 is 94.6. The summed E-state index contributed by atoms with van der Waals surface area (Å²) in [7, 11) is 0. The van der Waals surface area contributed by atoms with Crippen LogP contribution in [-0.2, 0) is 6.18 Å². The number of benzene rings is 2. The minimum atomic E-state index is -5.15. The smallest absolute Gasteiger partial charge is 0.431 e. The number of pyridine rings is 1. The van der Waals surface area contributed by atoms with E-state index in [9.17, 15) is 31.9 Å². The van der Waals surface area contributed by atoms with E-state index in [0.29, 0.717) is 32.5 Å².